The van der Waals surface area contributed by atoms with Gasteiger partial charge in [0.15, 0.2) is 5.96 Å². The Balaban J connectivity index is 1.47. The average molecular weight is 390 g/mol. The van der Waals surface area contributed by atoms with Crippen LogP contribution in [0.4, 0.5) is 0 Å². The Labute approximate surface area is 169 Å². The van der Waals surface area contributed by atoms with Crippen LogP contribution >= 0.6 is 0 Å². The fourth-order valence-electron chi connectivity index (χ4n) is 3.66. The van der Waals surface area contributed by atoms with Crippen LogP contribution in [0.1, 0.15) is 32.3 Å². The smallest absolute Gasteiger partial charge is 0.194 e. The van der Waals surface area contributed by atoms with Gasteiger partial charge in [-0.05, 0) is 31.2 Å². The number of nitrogens with zero attached hydrogens (tertiary/aromatic N) is 2. The first-order valence-electron chi connectivity index (χ1n) is 10.6. The molecule has 0 bridgehead atoms. The highest BCUT2D eigenvalue weighted by Gasteiger charge is 2.32. The molecular weight excluding hydrogens is 354 g/mol. The van der Waals surface area contributed by atoms with Crippen molar-refractivity contribution in [3.63, 3.8) is 0 Å². The Hall–Kier alpha value is -1.63. The van der Waals surface area contributed by atoms with E-state index in [0.29, 0.717) is 19.1 Å². The molecule has 2 fully saturated rings. The third kappa shape index (κ3) is 6.47. The largest absolute Gasteiger partial charge is 0.376 e. The number of hydrogen-bond donors (Lipinski definition) is 1. The van der Waals surface area contributed by atoms with Gasteiger partial charge in [0.05, 0.1) is 25.9 Å². The van der Waals surface area contributed by atoms with Gasteiger partial charge in [0.2, 0.25) is 0 Å². The van der Waals surface area contributed by atoms with E-state index < -0.39 is 0 Å². The molecule has 0 radical (unpaired) electrons. The summed E-state index contributed by atoms with van der Waals surface area (Å²) in [5.74, 6) is 1.34. The first-order valence-corrected chi connectivity index (χ1v) is 10.6. The van der Waals surface area contributed by atoms with Gasteiger partial charge in [0, 0.05) is 32.8 Å². The Morgan fingerprint density at radius 3 is 2.82 bits per heavy atom. The minimum absolute atomic E-state index is 0.145. The molecule has 2 saturated heterocycles. The zero-order valence-corrected chi connectivity index (χ0v) is 17.3. The molecule has 0 spiro atoms. The van der Waals surface area contributed by atoms with Crippen molar-refractivity contribution in [1.82, 2.24) is 10.2 Å². The van der Waals surface area contributed by atoms with Crippen LogP contribution in [0.2, 0.25) is 0 Å². The van der Waals surface area contributed by atoms with E-state index >= 15 is 0 Å². The number of morpholine rings is 1. The molecule has 1 aromatic rings. The standard InChI is InChI=1S/C22H35N3O3/c1-3-23-22(25-11-13-28-21(15-25)20-10-7-12-27-20)24-14-18(2)16-26-17-19-8-5-4-6-9-19/h4-6,8-9,18,20-21H,3,7,10-17H2,1-2H3,(H,23,24). The van der Waals surface area contributed by atoms with Crippen molar-refractivity contribution in [2.24, 2.45) is 10.9 Å². The third-order valence-corrected chi connectivity index (χ3v) is 5.17. The molecular formula is C22H35N3O3. The predicted octanol–water partition coefficient (Wildman–Crippen LogP) is 2.68. The molecule has 6 heteroatoms. The molecule has 0 saturated carbocycles. The zero-order chi connectivity index (χ0) is 19.6. The van der Waals surface area contributed by atoms with Crippen LogP contribution < -0.4 is 5.32 Å². The van der Waals surface area contributed by atoms with Crippen LogP contribution in [-0.2, 0) is 20.8 Å². The fourth-order valence-corrected chi connectivity index (χ4v) is 3.66. The van der Waals surface area contributed by atoms with Gasteiger partial charge in [-0.2, -0.15) is 0 Å². The van der Waals surface area contributed by atoms with Crippen molar-refractivity contribution >= 4 is 5.96 Å². The summed E-state index contributed by atoms with van der Waals surface area (Å²) in [5, 5.41) is 3.44. The molecule has 3 unspecified atom stereocenters. The van der Waals surface area contributed by atoms with Gasteiger partial charge in [-0.15, -0.1) is 0 Å². The quantitative estimate of drug-likeness (QED) is 0.547. The molecule has 1 aromatic carbocycles. The highest BCUT2D eigenvalue weighted by atomic mass is 16.5. The monoisotopic (exact) mass is 389 g/mol. The highest BCUT2D eigenvalue weighted by molar-refractivity contribution is 5.80. The van der Waals surface area contributed by atoms with Crippen molar-refractivity contribution < 1.29 is 14.2 Å². The van der Waals surface area contributed by atoms with E-state index in [1.807, 2.05) is 18.2 Å². The van der Waals surface area contributed by atoms with E-state index in [9.17, 15) is 0 Å². The van der Waals surface area contributed by atoms with Crippen LogP contribution in [0, 0.1) is 5.92 Å². The first-order chi connectivity index (χ1) is 13.8. The zero-order valence-electron chi connectivity index (χ0n) is 17.3. The molecule has 3 rings (SSSR count). The summed E-state index contributed by atoms with van der Waals surface area (Å²) < 4.78 is 17.7. The summed E-state index contributed by atoms with van der Waals surface area (Å²) >= 11 is 0. The van der Waals surface area contributed by atoms with Crippen LogP contribution in [-0.4, -0.2) is 69.1 Å². The number of benzene rings is 1. The summed E-state index contributed by atoms with van der Waals surface area (Å²) in [5.41, 5.74) is 1.21. The number of nitrogens with one attached hydrogen (secondary N) is 1. The number of hydrogen-bond acceptors (Lipinski definition) is 4. The highest BCUT2D eigenvalue weighted by Crippen LogP contribution is 2.21. The number of ether oxygens (including phenoxy) is 3. The summed E-state index contributed by atoms with van der Waals surface area (Å²) in [6.45, 7) is 10.6. The lowest BCUT2D eigenvalue weighted by Gasteiger charge is -2.37. The van der Waals surface area contributed by atoms with Crippen LogP contribution in [0.25, 0.3) is 0 Å². The lowest BCUT2D eigenvalue weighted by molar-refractivity contribution is -0.0817. The number of guanidine groups is 1. The minimum Gasteiger partial charge on any atom is -0.376 e. The molecule has 28 heavy (non-hydrogen) atoms. The maximum Gasteiger partial charge on any atom is 0.194 e. The summed E-state index contributed by atoms with van der Waals surface area (Å²) in [7, 11) is 0. The number of rotatable bonds is 8. The second-order valence-electron chi connectivity index (χ2n) is 7.71. The summed E-state index contributed by atoms with van der Waals surface area (Å²) in [6.07, 6.45) is 2.61. The van der Waals surface area contributed by atoms with Gasteiger partial charge in [0.25, 0.3) is 0 Å². The van der Waals surface area contributed by atoms with Gasteiger partial charge < -0.3 is 24.4 Å². The molecule has 0 aliphatic carbocycles. The maximum atomic E-state index is 5.97. The van der Waals surface area contributed by atoms with E-state index in [2.05, 4.69) is 36.2 Å². The first kappa shape index (κ1) is 21.1. The average Bonchev–Trinajstić information content (AvgIpc) is 3.27. The molecule has 3 atom stereocenters. The van der Waals surface area contributed by atoms with Crippen LogP contribution in [0.3, 0.4) is 0 Å². The Kier molecular flexibility index (Phi) is 8.58. The van der Waals surface area contributed by atoms with Crippen molar-refractivity contribution in [2.75, 3.05) is 46.0 Å². The van der Waals surface area contributed by atoms with Gasteiger partial charge in [-0.1, -0.05) is 37.3 Å². The SMILES string of the molecule is CCNC(=NCC(C)COCc1ccccc1)N1CCOC(C2CCCO2)C1. The Morgan fingerprint density at radius 2 is 2.07 bits per heavy atom. The van der Waals surface area contributed by atoms with E-state index in [4.69, 9.17) is 19.2 Å². The Morgan fingerprint density at radius 1 is 1.25 bits per heavy atom. The number of aliphatic imine (C=N–C) groups is 1. The minimum atomic E-state index is 0.145. The van der Waals surface area contributed by atoms with E-state index in [1.165, 1.54) is 5.56 Å². The molecule has 0 aromatic heterocycles. The van der Waals surface area contributed by atoms with Crippen molar-refractivity contribution in [2.45, 2.75) is 45.5 Å². The van der Waals surface area contributed by atoms with Gasteiger partial charge in [-0.3, -0.25) is 4.99 Å². The second-order valence-corrected chi connectivity index (χ2v) is 7.71. The molecule has 1 N–H and O–H groups in total. The summed E-state index contributed by atoms with van der Waals surface area (Å²) in [6, 6.07) is 10.3. The molecule has 156 valence electrons. The van der Waals surface area contributed by atoms with Crippen molar-refractivity contribution in [3.8, 4) is 0 Å². The Bertz CT molecular complexity index is 590. The molecule has 2 aliphatic rings. The normalized spacial score (nSPS) is 24.4. The van der Waals surface area contributed by atoms with E-state index in [-0.39, 0.29) is 12.2 Å². The second kappa shape index (κ2) is 11.4. The lowest BCUT2D eigenvalue weighted by atomic mass is 10.1. The lowest BCUT2D eigenvalue weighted by Crippen LogP contribution is -2.53. The van der Waals surface area contributed by atoms with Gasteiger partial charge in [-0.25, -0.2) is 0 Å². The van der Waals surface area contributed by atoms with Gasteiger partial charge >= 0.3 is 0 Å². The maximum absolute atomic E-state index is 5.97. The fraction of sp³-hybridized carbons (Fsp3) is 0.682. The van der Waals surface area contributed by atoms with Crippen molar-refractivity contribution in [1.29, 1.82) is 0 Å². The summed E-state index contributed by atoms with van der Waals surface area (Å²) in [4.78, 5) is 7.20. The molecule has 0 amide bonds. The predicted molar refractivity (Wildman–Crippen MR) is 112 cm³/mol. The topological polar surface area (TPSA) is 55.3 Å². The molecule has 6 nitrogen and oxygen atoms in total. The van der Waals surface area contributed by atoms with E-state index in [1.54, 1.807) is 0 Å². The van der Waals surface area contributed by atoms with E-state index in [0.717, 1.165) is 58.2 Å². The van der Waals surface area contributed by atoms with Crippen LogP contribution in [0.15, 0.2) is 35.3 Å². The molecule has 2 heterocycles. The third-order valence-electron chi connectivity index (χ3n) is 5.17. The molecule has 2 aliphatic heterocycles. The van der Waals surface area contributed by atoms with Crippen molar-refractivity contribution in [3.05, 3.63) is 35.9 Å². The van der Waals surface area contributed by atoms with Gasteiger partial charge in [0.1, 0.15) is 6.10 Å². The van der Waals surface area contributed by atoms with Crippen LogP contribution in [0.5, 0.6) is 0 Å².